The van der Waals surface area contributed by atoms with Gasteiger partial charge in [-0.25, -0.2) is 0 Å². The molecule has 11 heavy (non-hydrogen) atoms. The maximum absolute atomic E-state index is 8.93. The van der Waals surface area contributed by atoms with Crippen molar-refractivity contribution in [2.24, 2.45) is 11.8 Å². The molecule has 1 nitrogen and oxygen atoms in total. The molecule has 1 aliphatic rings. The molecular formula is C10H18O. The first-order chi connectivity index (χ1) is 5.24. The highest BCUT2D eigenvalue weighted by atomic mass is 16.3. The van der Waals surface area contributed by atoms with Gasteiger partial charge in [0.2, 0.25) is 0 Å². The van der Waals surface area contributed by atoms with Crippen molar-refractivity contribution in [3.63, 3.8) is 0 Å². The van der Waals surface area contributed by atoms with Crippen LogP contribution in [0.15, 0.2) is 11.6 Å². The van der Waals surface area contributed by atoms with Crippen LogP contribution >= 0.6 is 0 Å². The molecule has 64 valence electrons. The van der Waals surface area contributed by atoms with Crippen molar-refractivity contribution < 1.29 is 5.11 Å². The molecule has 0 aromatic heterocycles. The highest BCUT2D eigenvalue weighted by molar-refractivity contribution is 5.03. The first-order valence-corrected chi connectivity index (χ1v) is 4.50. The monoisotopic (exact) mass is 154 g/mol. The van der Waals surface area contributed by atoms with Gasteiger partial charge in [0.15, 0.2) is 0 Å². The Morgan fingerprint density at radius 3 is 2.91 bits per heavy atom. The van der Waals surface area contributed by atoms with Crippen molar-refractivity contribution in [2.45, 2.75) is 33.1 Å². The Morgan fingerprint density at radius 1 is 1.73 bits per heavy atom. The molecule has 0 fully saturated rings. The molecule has 0 unspecified atom stereocenters. The second-order valence-electron chi connectivity index (χ2n) is 3.74. The van der Waals surface area contributed by atoms with Crippen molar-refractivity contribution >= 4 is 0 Å². The van der Waals surface area contributed by atoms with E-state index in [0.29, 0.717) is 12.5 Å². The average Bonchev–Trinajstić information content (AvgIpc) is 2.05. The highest BCUT2D eigenvalue weighted by Crippen LogP contribution is 2.28. The van der Waals surface area contributed by atoms with Crippen molar-refractivity contribution in [2.75, 3.05) is 6.61 Å². The molecule has 0 saturated carbocycles. The standard InChI is InChI=1S/C10H18O/c1-8-3-5-10(6-4-8)9(2)7-11/h3,9-11H,4-7H2,1-2H3/t9-,10+/m1/s1. The topological polar surface area (TPSA) is 20.2 Å². The van der Waals surface area contributed by atoms with E-state index < -0.39 is 0 Å². The highest BCUT2D eigenvalue weighted by Gasteiger charge is 2.17. The zero-order valence-electron chi connectivity index (χ0n) is 7.51. The van der Waals surface area contributed by atoms with Crippen molar-refractivity contribution in [1.29, 1.82) is 0 Å². The molecule has 0 radical (unpaired) electrons. The van der Waals surface area contributed by atoms with Crippen LogP contribution in [0.25, 0.3) is 0 Å². The molecule has 0 heterocycles. The number of hydrogen-bond acceptors (Lipinski definition) is 1. The number of aliphatic hydroxyl groups excluding tert-OH is 1. The van der Waals surface area contributed by atoms with E-state index in [1.54, 1.807) is 0 Å². The summed E-state index contributed by atoms with van der Waals surface area (Å²) >= 11 is 0. The van der Waals surface area contributed by atoms with Crippen molar-refractivity contribution in [3.8, 4) is 0 Å². The van der Waals surface area contributed by atoms with Crippen molar-refractivity contribution in [3.05, 3.63) is 11.6 Å². The van der Waals surface area contributed by atoms with Crippen LogP contribution in [0.1, 0.15) is 33.1 Å². The van der Waals surface area contributed by atoms with Gasteiger partial charge in [-0.2, -0.15) is 0 Å². The van der Waals surface area contributed by atoms with E-state index >= 15 is 0 Å². The van der Waals surface area contributed by atoms with Gasteiger partial charge in [0.1, 0.15) is 0 Å². The smallest absolute Gasteiger partial charge is 0.0459 e. The Bertz CT molecular complexity index is 149. The zero-order valence-corrected chi connectivity index (χ0v) is 7.51. The van der Waals surface area contributed by atoms with Crippen LogP contribution in [-0.2, 0) is 0 Å². The Morgan fingerprint density at radius 2 is 2.45 bits per heavy atom. The summed E-state index contributed by atoms with van der Waals surface area (Å²) in [5, 5.41) is 8.93. The Labute approximate surface area is 69.1 Å². The van der Waals surface area contributed by atoms with Gasteiger partial charge < -0.3 is 5.11 Å². The van der Waals surface area contributed by atoms with Gasteiger partial charge in [-0.1, -0.05) is 18.6 Å². The maximum Gasteiger partial charge on any atom is 0.0459 e. The molecule has 0 bridgehead atoms. The zero-order chi connectivity index (χ0) is 8.27. The van der Waals surface area contributed by atoms with Crippen LogP contribution < -0.4 is 0 Å². The third kappa shape index (κ3) is 2.33. The molecule has 0 aromatic rings. The van der Waals surface area contributed by atoms with Gasteiger partial charge in [0, 0.05) is 6.61 Å². The number of allylic oxidation sites excluding steroid dienone is 2. The lowest BCUT2D eigenvalue weighted by Crippen LogP contribution is -2.17. The quantitative estimate of drug-likeness (QED) is 0.605. The van der Waals surface area contributed by atoms with Crippen LogP contribution in [0, 0.1) is 11.8 Å². The largest absolute Gasteiger partial charge is 0.396 e. The van der Waals surface area contributed by atoms with E-state index in [2.05, 4.69) is 19.9 Å². The molecule has 1 aliphatic carbocycles. The molecule has 0 spiro atoms. The van der Waals surface area contributed by atoms with Crippen LogP contribution in [0.2, 0.25) is 0 Å². The second kappa shape index (κ2) is 3.91. The lowest BCUT2D eigenvalue weighted by atomic mass is 9.82. The summed E-state index contributed by atoms with van der Waals surface area (Å²) in [7, 11) is 0. The summed E-state index contributed by atoms with van der Waals surface area (Å²) in [6, 6.07) is 0. The fraction of sp³-hybridized carbons (Fsp3) is 0.800. The van der Waals surface area contributed by atoms with E-state index in [1.165, 1.54) is 24.8 Å². The van der Waals surface area contributed by atoms with Crippen LogP contribution in [0.5, 0.6) is 0 Å². The molecule has 1 heteroatoms. The van der Waals surface area contributed by atoms with E-state index in [4.69, 9.17) is 5.11 Å². The molecule has 0 aliphatic heterocycles. The van der Waals surface area contributed by atoms with Crippen LogP contribution in [0.3, 0.4) is 0 Å². The minimum absolute atomic E-state index is 0.345. The predicted molar refractivity (Wildman–Crippen MR) is 47.3 cm³/mol. The Balaban J connectivity index is 2.40. The van der Waals surface area contributed by atoms with Gasteiger partial charge in [-0.15, -0.1) is 0 Å². The predicted octanol–water partition coefficient (Wildman–Crippen LogP) is 2.36. The minimum Gasteiger partial charge on any atom is -0.396 e. The van der Waals surface area contributed by atoms with Gasteiger partial charge in [0.25, 0.3) is 0 Å². The first kappa shape index (κ1) is 8.79. The van der Waals surface area contributed by atoms with E-state index in [0.717, 1.165) is 5.92 Å². The third-order valence-electron chi connectivity index (χ3n) is 2.77. The summed E-state index contributed by atoms with van der Waals surface area (Å²) in [6.07, 6.45) is 5.99. The molecule has 0 amide bonds. The lowest BCUT2D eigenvalue weighted by molar-refractivity contribution is 0.180. The lowest BCUT2D eigenvalue weighted by Gasteiger charge is -2.24. The SMILES string of the molecule is CC1=CC[C@H]([C@H](C)CO)CC1. The van der Waals surface area contributed by atoms with Gasteiger partial charge in [-0.05, 0) is 38.0 Å². The van der Waals surface area contributed by atoms with E-state index in [-0.39, 0.29) is 0 Å². The molecule has 1 N–H and O–H groups in total. The molecular weight excluding hydrogens is 136 g/mol. The minimum atomic E-state index is 0.345. The normalized spacial score (nSPS) is 27.9. The van der Waals surface area contributed by atoms with Gasteiger partial charge in [-0.3, -0.25) is 0 Å². The summed E-state index contributed by atoms with van der Waals surface area (Å²) in [4.78, 5) is 0. The summed E-state index contributed by atoms with van der Waals surface area (Å²) < 4.78 is 0. The van der Waals surface area contributed by atoms with Crippen molar-refractivity contribution in [1.82, 2.24) is 0 Å². The molecule has 0 aromatic carbocycles. The first-order valence-electron chi connectivity index (χ1n) is 4.50. The molecule has 2 atom stereocenters. The summed E-state index contributed by atoms with van der Waals surface area (Å²) in [6.45, 7) is 4.68. The fourth-order valence-corrected chi connectivity index (χ4v) is 1.65. The Hall–Kier alpha value is -0.300. The Kier molecular flexibility index (Phi) is 3.13. The number of aliphatic hydroxyl groups is 1. The van der Waals surface area contributed by atoms with Crippen LogP contribution in [-0.4, -0.2) is 11.7 Å². The van der Waals surface area contributed by atoms with E-state index in [1.807, 2.05) is 0 Å². The molecule has 1 rings (SSSR count). The van der Waals surface area contributed by atoms with Gasteiger partial charge >= 0.3 is 0 Å². The molecule has 0 saturated heterocycles. The number of hydrogen-bond donors (Lipinski definition) is 1. The fourth-order valence-electron chi connectivity index (χ4n) is 1.65. The second-order valence-corrected chi connectivity index (χ2v) is 3.74. The summed E-state index contributed by atoms with van der Waals surface area (Å²) in [5.74, 6) is 1.21. The number of rotatable bonds is 2. The summed E-state index contributed by atoms with van der Waals surface area (Å²) in [5.41, 5.74) is 1.52. The average molecular weight is 154 g/mol. The maximum atomic E-state index is 8.93. The van der Waals surface area contributed by atoms with Crippen LogP contribution in [0.4, 0.5) is 0 Å². The third-order valence-corrected chi connectivity index (χ3v) is 2.77. The van der Waals surface area contributed by atoms with E-state index in [9.17, 15) is 0 Å². The van der Waals surface area contributed by atoms with Gasteiger partial charge in [0.05, 0.1) is 0 Å².